The molecule has 3 heteroatoms. The van der Waals surface area contributed by atoms with Gasteiger partial charge in [0.2, 0.25) is 0 Å². The van der Waals surface area contributed by atoms with Crippen molar-refractivity contribution in [2.75, 3.05) is 13.7 Å². The summed E-state index contributed by atoms with van der Waals surface area (Å²) in [6.45, 7) is 0.756. The zero-order chi connectivity index (χ0) is 11.2. The van der Waals surface area contributed by atoms with E-state index in [1.165, 1.54) is 5.56 Å². The molecule has 1 heterocycles. The van der Waals surface area contributed by atoms with Gasteiger partial charge < -0.3 is 14.6 Å². The average Bonchev–Trinajstić information content (AvgIpc) is 2.82. The van der Waals surface area contributed by atoms with E-state index in [4.69, 9.17) is 9.47 Å². The van der Waals surface area contributed by atoms with Crippen LogP contribution in [-0.4, -0.2) is 24.4 Å². The van der Waals surface area contributed by atoms with Gasteiger partial charge in [0, 0.05) is 24.0 Å². The Morgan fingerprint density at radius 2 is 2.25 bits per heavy atom. The molecular formula is C13H16O3. The molecule has 1 aromatic rings. The Balaban J connectivity index is 1.95. The first-order valence-electron chi connectivity index (χ1n) is 5.75. The Bertz CT molecular complexity index is 421. The molecule has 0 radical (unpaired) electrons. The van der Waals surface area contributed by atoms with Crippen LogP contribution < -0.4 is 9.47 Å². The molecule has 16 heavy (non-hydrogen) atoms. The molecule has 0 aromatic heterocycles. The highest BCUT2D eigenvalue weighted by Crippen LogP contribution is 2.42. The summed E-state index contributed by atoms with van der Waals surface area (Å²) in [5, 5.41) is 9.95. The Morgan fingerprint density at radius 3 is 2.94 bits per heavy atom. The third-order valence-electron chi connectivity index (χ3n) is 3.44. The quantitative estimate of drug-likeness (QED) is 0.842. The van der Waals surface area contributed by atoms with Crippen molar-refractivity contribution >= 4 is 0 Å². The Morgan fingerprint density at radius 1 is 1.44 bits per heavy atom. The summed E-state index contributed by atoms with van der Waals surface area (Å²) in [4.78, 5) is 0. The van der Waals surface area contributed by atoms with E-state index >= 15 is 0 Å². The van der Waals surface area contributed by atoms with Gasteiger partial charge in [0.05, 0.1) is 19.3 Å². The van der Waals surface area contributed by atoms with Crippen LogP contribution in [0.25, 0.3) is 0 Å². The lowest BCUT2D eigenvalue weighted by atomic mass is 10.0. The number of hydrogen-bond donors (Lipinski definition) is 1. The fraction of sp³-hybridized carbons (Fsp3) is 0.538. The number of rotatable bonds is 3. The molecule has 0 amide bonds. The van der Waals surface area contributed by atoms with Crippen molar-refractivity contribution in [3.63, 3.8) is 0 Å². The van der Waals surface area contributed by atoms with E-state index in [9.17, 15) is 5.11 Å². The molecule has 2 aliphatic rings. The molecule has 3 rings (SSSR count). The molecule has 1 N–H and O–H groups in total. The van der Waals surface area contributed by atoms with E-state index < -0.39 is 5.60 Å². The van der Waals surface area contributed by atoms with Gasteiger partial charge in [-0.05, 0) is 25.0 Å². The number of fused-ring (bicyclic) bond motifs is 1. The first-order valence-corrected chi connectivity index (χ1v) is 5.75. The molecule has 1 fully saturated rings. The lowest BCUT2D eigenvalue weighted by Crippen LogP contribution is -2.11. The maximum atomic E-state index is 9.95. The normalized spacial score (nSPS) is 20.1. The minimum absolute atomic E-state index is 0.486. The van der Waals surface area contributed by atoms with Crippen molar-refractivity contribution in [2.45, 2.75) is 31.3 Å². The monoisotopic (exact) mass is 220 g/mol. The predicted octanol–water partition coefficient (Wildman–Crippen LogP) is 1.70. The average molecular weight is 220 g/mol. The van der Waals surface area contributed by atoms with Crippen LogP contribution in [0.2, 0.25) is 0 Å². The standard InChI is InChI=1S/C13H16O3/c1-15-11-6-9-2-5-16-12(9)7-10(11)8-13(14)3-4-13/h6-7,14H,2-5,8H2,1H3. The van der Waals surface area contributed by atoms with Crippen molar-refractivity contribution in [3.8, 4) is 11.5 Å². The Hall–Kier alpha value is -1.22. The molecule has 1 aliphatic heterocycles. The van der Waals surface area contributed by atoms with Crippen LogP contribution in [-0.2, 0) is 12.8 Å². The van der Waals surface area contributed by atoms with E-state index in [0.29, 0.717) is 6.42 Å². The Kier molecular flexibility index (Phi) is 2.11. The first-order chi connectivity index (χ1) is 7.70. The van der Waals surface area contributed by atoms with E-state index in [2.05, 4.69) is 0 Å². The van der Waals surface area contributed by atoms with E-state index in [1.807, 2.05) is 12.1 Å². The highest BCUT2D eigenvalue weighted by molar-refractivity contribution is 5.49. The second kappa shape index (κ2) is 3.39. The summed E-state index contributed by atoms with van der Waals surface area (Å²) < 4.78 is 10.9. The zero-order valence-electron chi connectivity index (χ0n) is 9.45. The van der Waals surface area contributed by atoms with Gasteiger partial charge in [-0.15, -0.1) is 0 Å². The van der Waals surface area contributed by atoms with Gasteiger partial charge in [-0.25, -0.2) is 0 Å². The molecule has 0 bridgehead atoms. The van der Waals surface area contributed by atoms with Crippen molar-refractivity contribution in [2.24, 2.45) is 0 Å². The lowest BCUT2D eigenvalue weighted by Gasteiger charge is -2.13. The molecule has 1 aliphatic carbocycles. The summed E-state index contributed by atoms with van der Waals surface area (Å²) in [6.07, 6.45) is 3.42. The molecule has 0 unspecified atom stereocenters. The van der Waals surface area contributed by atoms with Crippen LogP contribution in [0.5, 0.6) is 11.5 Å². The molecular weight excluding hydrogens is 204 g/mol. The lowest BCUT2D eigenvalue weighted by molar-refractivity contribution is 0.150. The van der Waals surface area contributed by atoms with Gasteiger partial charge in [0.15, 0.2) is 0 Å². The second-order valence-corrected chi connectivity index (χ2v) is 4.77. The first kappa shape index (κ1) is 9.97. The molecule has 1 aromatic carbocycles. The molecule has 0 saturated heterocycles. The van der Waals surface area contributed by atoms with Gasteiger partial charge in [0.1, 0.15) is 11.5 Å². The SMILES string of the molecule is COc1cc2c(cc1CC1(O)CC1)OCC2. The molecule has 0 atom stereocenters. The topological polar surface area (TPSA) is 38.7 Å². The summed E-state index contributed by atoms with van der Waals surface area (Å²) >= 11 is 0. The van der Waals surface area contributed by atoms with Crippen molar-refractivity contribution < 1.29 is 14.6 Å². The highest BCUT2D eigenvalue weighted by atomic mass is 16.5. The van der Waals surface area contributed by atoms with Crippen molar-refractivity contribution in [3.05, 3.63) is 23.3 Å². The third kappa shape index (κ3) is 1.65. The second-order valence-electron chi connectivity index (χ2n) is 4.77. The molecule has 1 saturated carbocycles. The van der Waals surface area contributed by atoms with Gasteiger partial charge >= 0.3 is 0 Å². The fourth-order valence-corrected chi connectivity index (χ4v) is 2.25. The number of hydrogen-bond acceptors (Lipinski definition) is 3. The highest BCUT2D eigenvalue weighted by Gasteiger charge is 2.41. The number of ether oxygens (including phenoxy) is 2. The fourth-order valence-electron chi connectivity index (χ4n) is 2.25. The summed E-state index contributed by atoms with van der Waals surface area (Å²) in [5.41, 5.74) is 1.78. The minimum Gasteiger partial charge on any atom is -0.496 e. The largest absolute Gasteiger partial charge is 0.496 e. The van der Waals surface area contributed by atoms with E-state index in [1.54, 1.807) is 7.11 Å². The number of methoxy groups -OCH3 is 1. The molecule has 0 spiro atoms. The van der Waals surface area contributed by atoms with E-state index in [-0.39, 0.29) is 0 Å². The molecule has 86 valence electrons. The van der Waals surface area contributed by atoms with Crippen LogP contribution in [0, 0.1) is 0 Å². The van der Waals surface area contributed by atoms with Crippen LogP contribution in [0.4, 0.5) is 0 Å². The van der Waals surface area contributed by atoms with Crippen LogP contribution in [0.1, 0.15) is 24.0 Å². The summed E-state index contributed by atoms with van der Waals surface area (Å²) in [6, 6.07) is 4.07. The van der Waals surface area contributed by atoms with Crippen molar-refractivity contribution in [1.82, 2.24) is 0 Å². The van der Waals surface area contributed by atoms with Gasteiger partial charge in [-0.1, -0.05) is 0 Å². The predicted molar refractivity (Wildman–Crippen MR) is 60.1 cm³/mol. The van der Waals surface area contributed by atoms with Gasteiger partial charge in [-0.3, -0.25) is 0 Å². The van der Waals surface area contributed by atoms with Gasteiger partial charge in [-0.2, -0.15) is 0 Å². The third-order valence-corrected chi connectivity index (χ3v) is 3.44. The van der Waals surface area contributed by atoms with Crippen LogP contribution >= 0.6 is 0 Å². The van der Waals surface area contributed by atoms with Crippen molar-refractivity contribution in [1.29, 1.82) is 0 Å². The summed E-state index contributed by atoms with van der Waals surface area (Å²) in [7, 11) is 1.68. The van der Waals surface area contributed by atoms with Gasteiger partial charge in [0.25, 0.3) is 0 Å². The summed E-state index contributed by atoms with van der Waals surface area (Å²) in [5.74, 6) is 1.84. The number of aliphatic hydroxyl groups is 1. The maximum absolute atomic E-state index is 9.95. The minimum atomic E-state index is -0.486. The smallest absolute Gasteiger partial charge is 0.123 e. The Labute approximate surface area is 95.0 Å². The zero-order valence-corrected chi connectivity index (χ0v) is 9.45. The number of benzene rings is 1. The van der Waals surface area contributed by atoms with Crippen LogP contribution in [0.15, 0.2) is 12.1 Å². The molecule has 3 nitrogen and oxygen atoms in total. The maximum Gasteiger partial charge on any atom is 0.123 e. The van der Waals surface area contributed by atoms with Crippen LogP contribution in [0.3, 0.4) is 0 Å². The van der Waals surface area contributed by atoms with E-state index in [0.717, 1.165) is 42.9 Å².